The first-order chi connectivity index (χ1) is 15.8. The van der Waals surface area contributed by atoms with Crippen molar-refractivity contribution in [2.24, 2.45) is 0 Å². The van der Waals surface area contributed by atoms with Crippen LogP contribution in [0.2, 0.25) is 0 Å². The molecule has 3 rings (SSSR count). The largest absolute Gasteiger partial charge is 0.493 e. The highest BCUT2D eigenvalue weighted by Crippen LogP contribution is 2.42. The molecule has 0 spiro atoms. The lowest BCUT2D eigenvalue weighted by Crippen LogP contribution is -2.32. The van der Waals surface area contributed by atoms with Crippen molar-refractivity contribution in [1.29, 1.82) is 0 Å². The van der Waals surface area contributed by atoms with Crippen molar-refractivity contribution in [3.8, 4) is 11.5 Å². The second-order valence-corrected chi connectivity index (χ2v) is 7.80. The lowest BCUT2D eigenvalue weighted by molar-refractivity contribution is -0.137. The number of hydrogen-bond acceptors (Lipinski definition) is 7. The molecule has 0 unspecified atom stereocenters. The van der Waals surface area contributed by atoms with E-state index < -0.39 is 17.9 Å². The molecule has 33 heavy (non-hydrogen) atoms. The molecule has 0 bridgehead atoms. The third-order valence-corrected chi connectivity index (χ3v) is 5.61. The van der Waals surface area contributed by atoms with Gasteiger partial charge >= 0.3 is 11.9 Å². The van der Waals surface area contributed by atoms with Gasteiger partial charge in [-0.25, -0.2) is 9.59 Å². The first kappa shape index (κ1) is 23.9. The Morgan fingerprint density at radius 1 is 0.818 bits per heavy atom. The van der Waals surface area contributed by atoms with Crippen LogP contribution in [0.25, 0.3) is 0 Å². The van der Waals surface area contributed by atoms with Crippen LogP contribution < -0.4 is 14.8 Å². The standard InChI is InChI=1S/C26H29NO6/c1-15-7-9-18(10-8-15)14-33-20-12-11-19(13-21(20)30-4)24-22(25(28)31-5)16(2)27-17(3)23(24)26(29)32-6/h7-13,24,27H,14H2,1-6H3. The number of carbonyl (C=O) groups excluding carboxylic acids is 2. The number of methoxy groups -OCH3 is 3. The number of esters is 2. The molecule has 0 aliphatic carbocycles. The van der Waals surface area contributed by atoms with E-state index in [0.717, 1.165) is 5.56 Å². The van der Waals surface area contributed by atoms with Crippen molar-refractivity contribution < 1.29 is 28.5 Å². The van der Waals surface area contributed by atoms with Crippen LogP contribution in [0.1, 0.15) is 36.5 Å². The van der Waals surface area contributed by atoms with E-state index >= 15 is 0 Å². The Labute approximate surface area is 194 Å². The number of ether oxygens (including phenoxy) is 4. The summed E-state index contributed by atoms with van der Waals surface area (Å²) in [6.07, 6.45) is 0. The lowest BCUT2D eigenvalue weighted by Gasteiger charge is -2.30. The first-order valence-corrected chi connectivity index (χ1v) is 10.5. The van der Waals surface area contributed by atoms with Gasteiger partial charge in [-0.05, 0) is 44.0 Å². The van der Waals surface area contributed by atoms with Crippen LogP contribution in [0.4, 0.5) is 0 Å². The third-order valence-electron chi connectivity index (χ3n) is 5.61. The molecule has 0 atom stereocenters. The molecule has 2 aromatic rings. The number of carbonyl (C=O) groups is 2. The van der Waals surface area contributed by atoms with Gasteiger partial charge in [0.25, 0.3) is 0 Å². The molecular formula is C26H29NO6. The average molecular weight is 452 g/mol. The summed E-state index contributed by atoms with van der Waals surface area (Å²) in [6, 6.07) is 13.4. The van der Waals surface area contributed by atoms with Crippen LogP contribution in [0.15, 0.2) is 65.0 Å². The maximum absolute atomic E-state index is 12.7. The van der Waals surface area contributed by atoms with E-state index in [2.05, 4.69) is 5.32 Å². The van der Waals surface area contributed by atoms with Gasteiger partial charge in [-0.1, -0.05) is 35.9 Å². The second kappa shape index (κ2) is 10.3. The molecule has 1 N–H and O–H groups in total. The van der Waals surface area contributed by atoms with Gasteiger partial charge in [-0.3, -0.25) is 0 Å². The molecule has 1 aliphatic rings. The highest BCUT2D eigenvalue weighted by atomic mass is 16.5. The molecule has 0 amide bonds. The van der Waals surface area contributed by atoms with Crippen molar-refractivity contribution in [1.82, 2.24) is 5.32 Å². The third kappa shape index (κ3) is 5.03. The zero-order chi connectivity index (χ0) is 24.1. The van der Waals surface area contributed by atoms with Crippen LogP contribution in [-0.2, 0) is 25.7 Å². The van der Waals surface area contributed by atoms with E-state index in [1.165, 1.54) is 19.8 Å². The van der Waals surface area contributed by atoms with Crippen molar-refractivity contribution in [3.05, 3.63) is 81.7 Å². The van der Waals surface area contributed by atoms with Gasteiger partial charge in [-0.15, -0.1) is 0 Å². The van der Waals surface area contributed by atoms with Crippen LogP contribution in [-0.4, -0.2) is 33.3 Å². The predicted molar refractivity (Wildman–Crippen MR) is 124 cm³/mol. The fraction of sp³-hybridized carbons (Fsp3) is 0.308. The number of benzene rings is 2. The van der Waals surface area contributed by atoms with E-state index in [9.17, 15) is 9.59 Å². The molecule has 0 fully saturated rings. The summed E-state index contributed by atoms with van der Waals surface area (Å²) in [4.78, 5) is 25.4. The van der Waals surface area contributed by atoms with Gasteiger partial charge < -0.3 is 24.3 Å². The molecule has 174 valence electrons. The summed E-state index contributed by atoms with van der Waals surface area (Å²) in [6.45, 7) is 5.95. The van der Waals surface area contributed by atoms with Crippen molar-refractivity contribution >= 4 is 11.9 Å². The first-order valence-electron chi connectivity index (χ1n) is 10.5. The van der Waals surface area contributed by atoms with E-state index in [1.54, 1.807) is 33.1 Å². The Morgan fingerprint density at radius 2 is 1.39 bits per heavy atom. The number of aryl methyl sites for hydroxylation is 1. The minimum absolute atomic E-state index is 0.332. The van der Waals surface area contributed by atoms with Crippen molar-refractivity contribution in [2.75, 3.05) is 21.3 Å². The monoisotopic (exact) mass is 451 g/mol. The van der Waals surface area contributed by atoms with Gasteiger partial charge in [0.05, 0.1) is 38.4 Å². The van der Waals surface area contributed by atoms with Gasteiger partial charge in [0, 0.05) is 11.4 Å². The van der Waals surface area contributed by atoms with Crippen LogP contribution in [0.3, 0.4) is 0 Å². The van der Waals surface area contributed by atoms with E-state index in [-0.39, 0.29) is 0 Å². The Hall–Kier alpha value is -3.74. The highest BCUT2D eigenvalue weighted by molar-refractivity contribution is 5.99. The highest BCUT2D eigenvalue weighted by Gasteiger charge is 2.38. The molecule has 0 aromatic heterocycles. The molecule has 2 aromatic carbocycles. The smallest absolute Gasteiger partial charge is 0.336 e. The number of hydrogen-bond donors (Lipinski definition) is 1. The molecule has 0 radical (unpaired) electrons. The maximum Gasteiger partial charge on any atom is 0.336 e. The van der Waals surface area contributed by atoms with E-state index in [4.69, 9.17) is 18.9 Å². The van der Waals surface area contributed by atoms with Gasteiger partial charge in [-0.2, -0.15) is 0 Å². The number of dihydropyridines is 1. The zero-order valence-electron chi connectivity index (χ0n) is 19.8. The summed E-state index contributed by atoms with van der Waals surface area (Å²) in [7, 11) is 4.17. The number of nitrogens with one attached hydrogen (secondary N) is 1. The predicted octanol–water partition coefficient (Wildman–Crippen LogP) is 4.16. The fourth-order valence-electron chi connectivity index (χ4n) is 3.92. The van der Waals surface area contributed by atoms with Crippen molar-refractivity contribution in [3.63, 3.8) is 0 Å². The van der Waals surface area contributed by atoms with Crippen LogP contribution >= 0.6 is 0 Å². The van der Waals surface area contributed by atoms with Crippen molar-refractivity contribution in [2.45, 2.75) is 33.3 Å². The second-order valence-electron chi connectivity index (χ2n) is 7.80. The normalized spacial score (nSPS) is 14.0. The summed E-state index contributed by atoms with van der Waals surface area (Å²) in [5, 5.41) is 3.09. The molecule has 0 saturated carbocycles. The van der Waals surface area contributed by atoms with Gasteiger partial charge in [0.2, 0.25) is 0 Å². The minimum Gasteiger partial charge on any atom is -0.493 e. The minimum atomic E-state index is -0.689. The Balaban J connectivity index is 2.01. The maximum atomic E-state index is 12.7. The molecule has 0 saturated heterocycles. The zero-order valence-corrected chi connectivity index (χ0v) is 19.8. The summed E-state index contributed by atoms with van der Waals surface area (Å²) >= 11 is 0. The van der Waals surface area contributed by atoms with E-state index in [1.807, 2.05) is 37.3 Å². The Kier molecular flexibility index (Phi) is 7.43. The summed E-state index contributed by atoms with van der Waals surface area (Å²) < 4.78 is 21.6. The topological polar surface area (TPSA) is 83.1 Å². The molecule has 1 aliphatic heterocycles. The van der Waals surface area contributed by atoms with Crippen LogP contribution in [0.5, 0.6) is 11.5 Å². The van der Waals surface area contributed by atoms with E-state index in [0.29, 0.717) is 46.2 Å². The molecule has 7 heteroatoms. The Morgan fingerprint density at radius 3 is 1.91 bits per heavy atom. The van der Waals surface area contributed by atoms with Gasteiger partial charge in [0.1, 0.15) is 6.61 Å². The Bertz CT molecular complexity index is 1080. The van der Waals surface area contributed by atoms with Crippen LogP contribution in [0, 0.1) is 6.92 Å². The quantitative estimate of drug-likeness (QED) is 0.633. The number of rotatable bonds is 7. The SMILES string of the molecule is COC(=O)C1=C(C)NC(C)=C(C(=O)OC)C1c1ccc(OCc2ccc(C)cc2)c(OC)c1. The fourth-order valence-corrected chi connectivity index (χ4v) is 3.92. The lowest BCUT2D eigenvalue weighted by atomic mass is 9.80. The average Bonchev–Trinajstić information content (AvgIpc) is 2.82. The molecular weight excluding hydrogens is 422 g/mol. The number of allylic oxidation sites excluding steroid dienone is 2. The summed E-state index contributed by atoms with van der Waals surface area (Å²) in [5.74, 6) is -0.709. The van der Waals surface area contributed by atoms with Gasteiger partial charge in [0.15, 0.2) is 11.5 Å². The molecule has 7 nitrogen and oxygen atoms in total. The molecule has 1 heterocycles. The summed E-state index contributed by atoms with van der Waals surface area (Å²) in [5.41, 5.74) is 4.76.